The van der Waals surface area contributed by atoms with Gasteiger partial charge in [-0.2, -0.15) is 0 Å². The number of aryl methyl sites for hydroxylation is 1. The molecule has 0 N–H and O–H groups in total. The fourth-order valence-electron chi connectivity index (χ4n) is 2.54. The fraction of sp³-hybridized carbons (Fsp3) is 0.588. The Hall–Kier alpha value is -1.59. The number of nitrogens with zero attached hydrogens (tertiary/aromatic N) is 2. The number of hydrogen-bond acceptors (Lipinski definition) is 5. The summed E-state index contributed by atoms with van der Waals surface area (Å²) in [5.74, 6) is 0.413. The molecule has 1 fully saturated rings. The molecule has 1 saturated heterocycles. The van der Waals surface area contributed by atoms with Crippen LogP contribution in [0, 0.1) is 6.92 Å². The van der Waals surface area contributed by atoms with Crippen molar-refractivity contribution < 1.29 is 14.3 Å². The zero-order valence-electron chi connectivity index (χ0n) is 13.7. The summed E-state index contributed by atoms with van der Waals surface area (Å²) in [7, 11) is 2.13. The molecule has 0 saturated carbocycles. The van der Waals surface area contributed by atoms with Crippen molar-refractivity contribution >= 4 is 5.97 Å². The molecular formula is C17H26N2O3. The first-order chi connectivity index (χ1) is 10.5. The van der Waals surface area contributed by atoms with E-state index < -0.39 is 0 Å². The fourth-order valence-corrected chi connectivity index (χ4v) is 2.54. The van der Waals surface area contributed by atoms with Gasteiger partial charge in [0.05, 0.1) is 0 Å². The minimum atomic E-state index is -0.315. The van der Waals surface area contributed by atoms with Gasteiger partial charge in [-0.05, 0) is 32.5 Å². The van der Waals surface area contributed by atoms with E-state index in [1.54, 1.807) is 0 Å². The minimum Gasteiger partial charge on any atom is -0.482 e. The summed E-state index contributed by atoms with van der Waals surface area (Å²) in [6.07, 6.45) is -0.114. The Morgan fingerprint density at radius 2 is 1.91 bits per heavy atom. The summed E-state index contributed by atoms with van der Waals surface area (Å²) in [6, 6.07) is 7.65. The molecule has 0 bridgehead atoms. The highest BCUT2D eigenvalue weighted by molar-refractivity contribution is 5.71. The predicted molar refractivity (Wildman–Crippen MR) is 86.2 cm³/mol. The lowest BCUT2D eigenvalue weighted by atomic mass is 10.2. The van der Waals surface area contributed by atoms with Gasteiger partial charge in [0.25, 0.3) is 0 Å². The van der Waals surface area contributed by atoms with Crippen LogP contribution in [0.15, 0.2) is 24.3 Å². The van der Waals surface area contributed by atoms with E-state index in [1.165, 1.54) is 0 Å². The lowest BCUT2D eigenvalue weighted by Crippen LogP contribution is -2.47. The smallest absolute Gasteiger partial charge is 0.344 e. The largest absolute Gasteiger partial charge is 0.482 e. The Kier molecular flexibility index (Phi) is 6.21. The van der Waals surface area contributed by atoms with Gasteiger partial charge in [-0.15, -0.1) is 0 Å². The second kappa shape index (κ2) is 8.15. The SMILES string of the molecule is Cc1ccccc1OCC(=O)O[C@H](C)CN1CCN(C)CC1. The van der Waals surface area contributed by atoms with Crippen molar-refractivity contribution in [1.29, 1.82) is 0 Å². The molecule has 0 amide bonds. The number of likely N-dealkylation sites (N-methyl/N-ethyl adjacent to an activating group) is 1. The van der Waals surface area contributed by atoms with Crippen LogP contribution in [0.2, 0.25) is 0 Å². The molecule has 5 nitrogen and oxygen atoms in total. The number of esters is 1. The average Bonchev–Trinajstić information content (AvgIpc) is 2.49. The van der Waals surface area contributed by atoms with Crippen molar-refractivity contribution in [3.8, 4) is 5.75 Å². The van der Waals surface area contributed by atoms with Crippen molar-refractivity contribution in [2.45, 2.75) is 20.0 Å². The molecule has 22 heavy (non-hydrogen) atoms. The van der Waals surface area contributed by atoms with Crippen LogP contribution in [-0.4, -0.2) is 68.3 Å². The highest BCUT2D eigenvalue weighted by Gasteiger charge is 2.18. The van der Waals surface area contributed by atoms with Gasteiger partial charge in [0.1, 0.15) is 11.9 Å². The van der Waals surface area contributed by atoms with E-state index >= 15 is 0 Å². The zero-order chi connectivity index (χ0) is 15.9. The Balaban J connectivity index is 1.69. The van der Waals surface area contributed by atoms with E-state index in [4.69, 9.17) is 9.47 Å². The third-order valence-electron chi connectivity index (χ3n) is 3.88. The number of rotatable bonds is 6. The van der Waals surface area contributed by atoms with Crippen LogP contribution in [0.4, 0.5) is 0 Å². The predicted octanol–water partition coefficient (Wildman–Crippen LogP) is 1.55. The van der Waals surface area contributed by atoms with Gasteiger partial charge in [0.2, 0.25) is 0 Å². The van der Waals surface area contributed by atoms with E-state index in [2.05, 4.69) is 16.8 Å². The van der Waals surface area contributed by atoms with E-state index in [1.807, 2.05) is 38.1 Å². The van der Waals surface area contributed by atoms with Crippen LogP contribution in [0.3, 0.4) is 0 Å². The van der Waals surface area contributed by atoms with Gasteiger partial charge >= 0.3 is 5.97 Å². The molecule has 0 spiro atoms. The quantitative estimate of drug-likeness (QED) is 0.746. The number of ether oxygens (including phenoxy) is 2. The van der Waals surface area contributed by atoms with E-state index in [9.17, 15) is 4.79 Å². The molecule has 0 unspecified atom stereocenters. The van der Waals surface area contributed by atoms with Crippen molar-refractivity contribution in [2.24, 2.45) is 0 Å². The molecule has 122 valence electrons. The van der Waals surface area contributed by atoms with Crippen LogP contribution in [0.1, 0.15) is 12.5 Å². The minimum absolute atomic E-state index is 0.0437. The molecule has 1 aliphatic rings. The molecule has 0 aromatic heterocycles. The van der Waals surface area contributed by atoms with Crippen molar-refractivity contribution in [3.63, 3.8) is 0 Å². The summed E-state index contributed by atoms with van der Waals surface area (Å²) < 4.78 is 10.9. The highest BCUT2D eigenvalue weighted by Crippen LogP contribution is 2.16. The molecule has 1 aromatic carbocycles. The number of carbonyl (C=O) groups excluding carboxylic acids is 1. The second-order valence-electron chi connectivity index (χ2n) is 5.96. The maximum Gasteiger partial charge on any atom is 0.344 e. The van der Waals surface area contributed by atoms with Crippen LogP contribution in [0.5, 0.6) is 5.75 Å². The molecule has 1 aromatic rings. The molecule has 0 aliphatic carbocycles. The number of piperazine rings is 1. The van der Waals surface area contributed by atoms with Crippen molar-refractivity contribution in [1.82, 2.24) is 9.80 Å². The molecule has 5 heteroatoms. The first-order valence-electron chi connectivity index (χ1n) is 7.83. The summed E-state index contributed by atoms with van der Waals surface area (Å²) >= 11 is 0. The third-order valence-corrected chi connectivity index (χ3v) is 3.88. The first-order valence-corrected chi connectivity index (χ1v) is 7.83. The summed E-state index contributed by atoms with van der Waals surface area (Å²) in [5, 5.41) is 0. The molecule has 1 heterocycles. The summed E-state index contributed by atoms with van der Waals surface area (Å²) in [4.78, 5) is 16.5. The van der Waals surface area contributed by atoms with Crippen LogP contribution in [-0.2, 0) is 9.53 Å². The number of para-hydroxylation sites is 1. The van der Waals surface area contributed by atoms with Gasteiger partial charge in [-0.3, -0.25) is 4.90 Å². The van der Waals surface area contributed by atoms with Gasteiger partial charge in [-0.1, -0.05) is 18.2 Å². The monoisotopic (exact) mass is 306 g/mol. The van der Waals surface area contributed by atoms with Crippen LogP contribution < -0.4 is 4.74 Å². The number of carbonyl (C=O) groups is 1. The lowest BCUT2D eigenvalue weighted by molar-refractivity contribution is -0.151. The van der Waals surface area contributed by atoms with E-state index in [-0.39, 0.29) is 18.7 Å². The molecule has 1 aliphatic heterocycles. The lowest BCUT2D eigenvalue weighted by Gasteiger charge is -2.33. The normalized spacial score (nSPS) is 18.0. The first kappa shape index (κ1) is 16.8. The summed E-state index contributed by atoms with van der Waals surface area (Å²) in [6.45, 7) is 8.81. The second-order valence-corrected chi connectivity index (χ2v) is 5.96. The Labute approximate surface area is 132 Å². The maximum absolute atomic E-state index is 11.9. The highest BCUT2D eigenvalue weighted by atomic mass is 16.6. The molecule has 2 rings (SSSR count). The molecular weight excluding hydrogens is 280 g/mol. The maximum atomic E-state index is 11.9. The summed E-state index contributed by atoms with van der Waals surface area (Å²) in [5.41, 5.74) is 1.01. The van der Waals surface area contributed by atoms with Gasteiger partial charge in [0.15, 0.2) is 6.61 Å². The Bertz CT molecular complexity index is 485. The van der Waals surface area contributed by atoms with Crippen LogP contribution >= 0.6 is 0 Å². The van der Waals surface area contributed by atoms with Gasteiger partial charge < -0.3 is 14.4 Å². The van der Waals surface area contributed by atoms with E-state index in [0.717, 1.165) is 44.0 Å². The van der Waals surface area contributed by atoms with Crippen molar-refractivity contribution in [3.05, 3.63) is 29.8 Å². The zero-order valence-corrected chi connectivity index (χ0v) is 13.7. The Morgan fingerprint density at radius 1 is 1.23 bits per heavy atom. The molecule has 1 atom stereocenters. The number of hydrogen-bond donors (Lipinski definition) is 0. The topological polar surface area (TPSA) is 42.0 Å². The number of benzene rings is 1. The standard InChI is InChI=1S/C17H26N2O3/c1-14-6-4-5-7-16(14)21-13-17(20)22-15(2)12-19-10-8-18(3)9-11-19/h4-7,15H,8-13H2,1-3H3/t15-/m1/s1. The molecule has 0 radical (unpaired) electrons. The average molecular weight is 306 g/mol. The van der Waals surface area contributed by atoms with Crippen LogP contribution in [0.25, 0.3) is 0 Å². The van der Waals surface area contributed by atoms with E-state index in [0.29, 0.717) is 0 Å². The van der Waals surface area contributed by atoms with Gasteiger partial charge in [-0.25, -0.2) is 4.79 Å². The third kappa shape index (κ3) is 5.31. The van der Waals surface area contributed by atoms with Crippen molar-refractivity contribution in [2.75, 3.05) is 46.4 Å². The van der Waals surface area contributed by atoms with Gasteiger partial charge in [0, 0.05) is 32.7 Å². The Morgan fingerprint density at radius 3 is 2.59 bits per heavy atom.